The maximum absolute atomic E-state index is 12.5. The van der Waals surface area contributed by atoms with E-state index in [4.69, 9.17) is 25.5 Å². The van der Waals surface area contributed by atoms with Gasteiger partial charge in [0.15, 0.2) is 0 Å². The molecular formula is C24H28ClN5O4. The maximum Gasteiger partial charge on any atom is 0.416 e. The summed E-state index contributed by atoms with van der Waals surface area (Å²) in [6.07, 6.45) is 2.46. The van der Waals surface area contributed by atoms with E-state index in [9.17, 15) is 4.79 Å². The lowest BCUT2D eigenvalue weighted by atomic mass is 10.1. The van der Waals surface area contributed by atoms with E-state index >= 15 is 0 Å². The molecule has 1 aromatic carbocycles. The second kappa shape index (κ2) is 9.60. The molecule has 0 unspecified atom stereocenters. The van der Waals surface area contributed by atoms with Gasteiger partial charge in [-0.2, -0.15) is 4.98 Å². The zero-order valence-corrected chi connectivity index (χ0v) is 20.5. The molecule has 4 rings (SSSR count). The number of oxazole rings is 1. The van der Waals surface area contributed by atoms with Gasteiger partial charge >= 0.3 is 6.09 Å². The highest BCUT2D eigenvalue weighted by Crippen LogP contribution is 2.28. The molecule has 2 aromatic heterocycles. The van der Waals surface area contributed by atoms with E-state index < -0.39 is 6.09 Å². The third kappa shape index (κ3) is 5.48. The number of ether oxygens (including phenoxy) is 2. The summed E-state index contributed by atoms with van der Waals surface area (Å²) in [4.78, 5) is 27.4. The lowest BCUT2D eigenvalue weighted by molar-refractivity contribution is -0.0618. The van der Waals surface area contributed by atoms with E-state index in [1.165, 1.54) is 4.90 Å². The van der Waals surface area contributed by atoms with Gasteiger partial charge in [-0.1, -0.05) is 23.7 Å². The molecule has 0 radical (unpaired) electrons. The summed E-state index contributed by atoms with van der Waals surface area (Å²) < 4.78 is 17.0. The molecule has 0 saturated carbocycles. The Bertz CT molecular complexity index is 1140. The van der Waals surface area contributed by atoms with Gasteiger partial charge in [-0.25, -0.2) is 14.8 Å². The Hall–Kier alpha value is -3.17. The van der Waals surface area contributed by atoms with Crippen LogP contribution in [0.2, 0.25) is 5.02 Å². The minimum atomic E-state index is -0.465. The van der Waals surface area contributed by atoms with E-state index in [2.05, 4.69) is 20.3 Å². The van der Waals surface area contributed by atoms with Crippen molar-refractivity contribution in [3.63, 3.8) is 0 Å². The Kier molecular flexibility index (Phi) is 6.77. The number of hydrogen-bond donors (Lipinski definition) is 1. The van der Waals surface area contributed by atoms with Gasteiger partial charge in [0.25, 0.3) is 0 Å². The molecule has 0 spiro atoms. The smallest absolute Gasteiger partial charge is 0.416 e. The second-order valence-electron chi connectivity index (χ2n) is 9.13. The van der Waals surface area contributed by atoms with Gasteiger partial charge in [0, 0.05) is 16.8 Å². The molecule has 1 fully saturated rings. The molecule has 0 aliphatic carbocycles. The van der Waals surface area contributed by atoms with Crippen molar-refractivity contribution in [2.24, 2.45) is 0 Å². The number of carbonyl (C=O) groups is 1. The Balaban J connectivity index is 1.49. The number of amides is 1. The molecule has 1 aliphatic heterocycles. The third-order valence-electron chi connectivity index (χ3n) is 5.25. The molecule has 180 valence electrons. The quantitative estimate of drug-likeness (QED) is 0.468. The Morgan fingerprint density at radius 3 is 2.62 bits per heavy atom. The number of benzene rings is 1. The number of cyclic esters (lactones) is 1. The SMILES string of the molecule is C[C@H](Nc1nccc(N2C(=O)OC[C@@H]2[C@@H](C)OC(C)(C)C)n1)c1nc(-c2ccc(Cl)cc2)co1. The van der Waals surface area contributed by atoms with Crippen LogP contribution in [0.15, 0.2) is 47.2 Å². The molecule has 1 aliphatic rings. The molecule has 0 bridgehead atoms. The predicted molar refractivity (Wildman–Crippen MR) is 129 cm³/mol. The number of rotatable bonds is 7. The van der Waals surface area contributed by atoms with Crippen molar-refractivity contribution >= 4 is 29.5 Å². The van der Waals surface area contributed by atoms with Crippen LogP contribution in [0.1, 0.15) is 46.6 Å². The van der Waals surface area contributed by atoms with Crippen LogP contribution in [0.3, 0.4) is 0 Å². The van der Waals surface area contributed by atoms with Gasteiger partial charge in [0.05, 0.1) is 11.7 Å². The number of halogens is 1. The highest BCUT2D eigenvalue weighted by molar-refractivity contribution is 6.30. The monoisotopic (exact) mass is 485 g/mol. The minimum Gasteiger partial charge on any atom is -0.447 e. The molecule has 34 heavy (non-hydrogen) atoms. The number of hydrogen-bond acceptors (Lipinski definition) is 8. The van der Waals surface area contributed by atoms with E-state index in [0.29, 0.717) is 28.4 Å². The Labute approximate surface area is 203 Å². The fraction of sp³-hybridized carbons (Fsp3) is 0.417. The van der Waals surface area contributed by atoms with Gasteiger partial charge < -0.3 is 19.2 Å². The van der Waals surface area contributed by atoms with E-state index in [0.717, 1.165) is 5.56 Å². The summed E-state index contributed by atoms with van der Waals surface area (Å²) in [6, 6.07) is 8.41. The number of aromatic nitrogens is 3. The molecule has 3 atom stereocenters. The summed E-state index contributed by atoms with van der Waals surface area (Å²) in [5.74, 6) is 1.24. The van der Waals surface area contributed by atoms with Crippen LogP contribution in [0.25, 0.3) is 11.3 Å². The van der Waals surface area contributed by atoms with Gasteiger partial charge in [-0.15, -0.1) is 0 Å². The number of nitrogens with one attached hydrogen (secondary N) is 1. The largest absolute Gasteiger partial charge is 0.447 e. The van der Waals surface area contributed by atoms with Crippen molar-refractivity contribution in [3.8, 4) is 11.3 Å². The van der Waals surface area contributed by atoms with Crippen LogP contribution in [-0.2, 0) is 9.47 Å². The predicted octanol–water partition coefficient (Wildman–Crippen LogP) is 5.49. The molecular weight excluding hydrogens is 458 g/mol. The number of carbonyl (C=O) groups excluding carboxylic acids is 1. The maximum atomic E-state index is 12.5. The third-order valence-corrected chi connectivity index (χ3v) is 5.50. The highest BCUT2D eigenvalue weighted by atomic mass is 35.5. The van der Waals surface area contributed by atoms with Crippen LogP contribution in [-0.4, -0.2) is 45.4 Å². The molecule has 3 aromatic rings. The molecule has 9 nitrogen and oxygen atoms in total. The molecule has 1 amide bonds. The highest BCUT2D eigenvalue weighted by Gasteiger charge is 2.40. The van der Waals surface area contributed by atoms with Crippen molar-refractivity contribution in [1.29, 1.82) is 0 Å². The first-order chi connectivity index (χ1) is 16.1. The van der Waals surface area contributed by atoms with Crippen LogP contribution in [0, 0.1) is 0 Å². The lowest BCUT2D eigenvalue weighted by Gasteiger charge is -2.31. The summed E-state index contributed by atoms with van der Waals surface area (Å²) >= 11 is 5.96. The average molecular weight is 486 g/mol. The summed E-state index contributed by atoms with van der Waals surface area (Å²) in [5, 5.41) is 3.84. The summed E-state index contributed by atoms with van der Waals surface area (Å²) in [7, 11) is 0. The normalized spacial score (nSPS) is 18.0. The first kappa shape index (κ1) is 24.0. The fourth-order valence-electron chi connectivity index (χ4n) is 3.73. The average Bonchev–Trinajstić information content (AvgIpc) is 3.40. The zero-order valence-electron chi connectivity index (χ0n) is 19.8. The summed E-state index contributed by atoms with van der Waals surface area (Å²) in [6.45, 7) is 9.96. The van der Waals surface area contributed by atoms with E-state index in [1.807, 2.05) is 46.8 Å². The molecule has 10 heteroatoms. The van der Waals surface area contributed by atoms with Crippen molar-refractivity contribution in [2.75, 3.05) is 16.8 Å². The van der Waals surface area contributed by atoms with Crippen LogP contribution >= 0.6 is 11.6 Å². The first-order valence-corrected chi connectivity index (χ1v) is 11.4. The van der Waals surface area contributed by atoms with Gasteiger partial charge in [0.2, 0.25) is 11.8 Å². The van der Waals surface area contributed by atoms with Crippen molar-refractivity contribution in [2.45, 2.75) is 58.4 Å². The molecule has 1 saturated heterocycles. The Morgan fingerprint density at radius 1 is 1.18 bits per heavy atom. The van der Waals surface area contributed by atoms with Gasteiger partial charge in [-0.05, 0) is 52.8 Å². The number of anilines is 2. The van der Waals surface area contributed by atoms with Gasteiger partial charge in [-0.3, -0.25) is 4.90 Å². The van der Waals surface area contributed by atoms with Crippen molar-refractivity contribution in [1.82, 2.24) is 15.0 Å². The molecule has 3 heterocycles. The fourth-order valence-corrected chi connectivity index (χ4v) is 3.86. The summed E-state index contributed by atoms with van der Waals surface area (Å²) in [5.41, 5.74) is 1.24. The number of nitrogens with zero attached hydrogens (tertiary/aromatic N) is 4. The Morgan fingerprint density at radius 2 is 1.91 bits per heavy atom. The standard InChI is InChI=1S/C24H28ClN5O4/c1-14(21-28-18(12-32-21)16-6-8-17(25)9-7-16)27-22-26-11-10-20(29-22)30-19(13-33-23(30)31)15(2)34-24(3,4)5/h6-12,14-15,19H,13H2,1-5H3,(H,26,27,29)/t14-,15+,19+/m0/s1. The zero-order chi connectivity index (χ0) is 24.5. The van der Waals surface area contributed by atoms with Crippen LogP contribution < -0.4 is 10.2 Å². The van der Waals surface area contributed by atoms with Crippen LogP contribution in [0.4, 0.5) is 16.6 Å². The topological polar surface area (TPSA) is 103 Å². The van der Waals surface area contributed by atoms with Crippen LogP contribution in [0.5, 0.6) is 0 Å². The van der Waals surface area contributed by atoms with E-state index in [1.54, 1.807) is 30.7 Å². The first-order valence-electron chi connectivity index (χ1n) is 11.1. The van der Waals surface area contributed by atoms with Crippen molar-refractivity contribution < 1.29 is 18.7 Å². The minimum absolute atomic E-state index is 0.225. The van der Waals surface area contributed by atoms with Crippen molar-refractivity contribution in [3.05, 3.63) is 53.7 Å². The van der Waals surface area contributed by atoms with Gasteiger partial charge in [0.1, 0.15) is 36.5 Å². The second-order valence-corrected chi connectivity index (χ2v) is 9.57. The molecule has 1 N–H and O–H groups in total. The lowest BCUT2D eigenvalue weighted by Crippen LogP contribution is -2.45. The van der Waals surface area contributed by atoms with E-state index in [-0.39, 0.29) is 30.4 Å².